The Bertz CT molecular complexity index is 1100. The summed E-state index contributed by atoms with van der Waals surface area (Å²) in [5.74, 6) is -0.466. The zero-order valence-electron chi connectivity index (χ0n) is 23.2. The van der Waals surface area contributed by atoms with Gasteiger partial charge >= 0.3 is 18.2 Å². The molecule has 2 atom stereocenters. The molecule has 3 rings (SSSR count). The molecule has 1 aliphatic rings. The molecular weight excluding hydrogens is 500 g/mol. The van der Waals surface area contributed by atoms with Crippen molar-refractivity contribution in [3.63, 3.8) is 0 Å². The van der Waals surface area contributed by atoms with Gasteiger partial charge in [0.25, 0.3) is 0 Å². The summed E-state index contributed by atoms with van der Waals surface area (Å²) in [6.45, 7) is 7.80. The monoisotopic (exact) mass is 540 g/mol. The number of carbonyl (C=O) groups is 3. The molecule has 1 fully saturated rings. The van der Waals surface area contributed by atoms with Crippen LogP contribution in [0.15, 0.2) is 54.6 Å². The van der Waals surface area contributed by atoms with E-state index in [-0.39, 0.29) is 19.1 Å². The highest BCUT2D eigenvalue weighted by molar-refractivity contribution is 5.81. The van der Waals surface area contributed by atoms with Gasteiger partial charge in [-0.3, -0.25) is 4.90 Å². The van der Waals surface area contributed by atoms with Crippen LogP contribution < -0.4 is 10.1 Å². The van der Waals surface area contributed by atoms with E-state index in [2.05, 4.69) is 5.32 Å². The van der Waals surface area contributed by atoms with Crippen molar-refractivity contribution in [3.05, 3.63) is 65.7 Å². The molecule has 0 saturated heterocycles. The predicted octanol–water partition coefficient (Wildman–Crippen LogP) is 5.41. The lowest BCUT2D eigenvalue weighted by atomic mass is 10.1. The lowest BCUT2D eigenvalue weighted by molar-refractivity contribution is -0.144. The Kier molecular flexibility index (Phi) is 10.6. The van der Waals surface area contributed by atoms with Crippen LogP contribution >= 0.6 is 0 Å². The summed E-state index contributed by atoms with van der Waals surface area (Å²) in [4.78, 5) is 38.3. The summed E-state index contributed by atoms with van der Waals surface area (Å²) in [5.41, 5.74) is 1.12. The van der Waals surface area contributed by atoms with E-state index in [4.69, 9.17) is 14.2 Å². The third kappa shape index (κ3) is 10.1. The van der Waals surface area contributed by atoms with Crippen molar-refractivity contribution in [2.24, 2.45) is 5.92 Å². The van der Waals surface area contributed by atoms with E-state index in [1.54, 1.807) is 20.8 Å². The number of aliphatic carboxylic acids is 1. The number of ether oxygens (including phenoxy) is 3. The van der Waals surface area contributed by atoms with E-state index in [9.17, 15) is 19.5 Å². The second-order valence-corrected chi connectivity index (χ2v) is 10.9. The second-order valence-electron chi connectivity index (χ2n) is 10.9. The third-order valence-electron chi connectivity index (χ3n) is 6.14. The standard InChI is InChI=1S/C30H40N2O7/c1-21(19-32(29(36)39-30(2,3)4)26(27(33)34)24-16-17-24)38-25-15-9-8-13-23(25)14-10-18-31-28(35)37-20-22-11-6-5-7-12-22/h5-9,11-13,15,21,24,26H,10,14,16-20H2,1-4H3,(H,31,35)(H,33,34)/t21-,26+/m1/s1. The Morgan fingerprint density at radius 3 is 2.36 bits per heavy atom. The van der Waals surface area contributed by atoms with Crippen LogP contribution in [0.1, 0.15) is 58.1 Å². The molecule has 0 unspecified atom stereocenters. The number of nitrogens with one attached hydrogen (secondary N) is 1. The molecule has 2 aromatic carbocycles. The number of aryl methyl sites for hydroxylation is 1. The number of rotatable bonds is 13. The van der Waals surface area contributed by atoms with Crippen LogP contribution in [0.25, 0.3) is 0 Å². The quantitative estimate of drug-likeness (QED) is 0.326. The Balaban J connectivity index is 1.54. The molecule has 0 radical (unpaired) electrons. The highest BCUT2D eigenvalue weighted by Crippen LogP contribution is 2.36. The summed E-state index contributed by atoms with van der Waals surface area (Å²) in [6.07, 6.45) is 1.24. The second kappa shape index (κ2) is 13.9. The smallest absolute Gasteiger partial charge is 0.411 e. The molecule has 2 aromatic rings. The van der Waals surface area contributed by atoms with E-state index in [1.807, 2.05) is 61.5 Å². The van der Waals surface area contributed by atoms with Gasteiger partial charge in [0.15, 0.2) is 0 Å². The highest BCUT2D eigenvalue weighted by Gasteiger charge is 2.44. The number of amides is 2. The fraction of sp³-hybridized carbons (Fsp3) is 0.500. The average molecular weight is 541 g/mol. The first-order valence-corrected chi connectivity index (χ1v) is 13.4. The zero-order chi connectivity index (χ0) is 28.4. The third-order valence-corrected chi connectivity index (χ3v) is 6.14. The number of carboxylic acids is 1. The molecule has 0 aliphatic heterocycles. The lowest BCUT2D eigenvalue weighted by Crippen LogP contribution is -2.51. The first-order chi connectivity index (χ1) is 18.5. The van der Waals surface area contributed by atoms with Gasteiger partial charge in [0.2, 0.25) is 0 Å². The maximum absolute atomic E-state index is 13.0. The molecule has 39 heavy (non-hydrogen) atoms. The van der Waals surface area contributed by atoms with Crippen molar-refractivity contribution in [1.82, 2.24) is 10.2 Å². The van der Waals surface area contributed by atoms with E-state index < -0.39 is 35.9 Å². The predicted molar refractivity (Wildman–Crippen MR) is 147 cm³/mol. The Hall–Kier alpha value is -3.75. The summed E-state index contributed by atoms with van der Waals surface area (Å²) >= 11 is 0. The van der Waals surface area contributed by atoms with E-state index in [1.165, 1.54) is 4.90 Å². The molecule has 9 heteroatoms. The summed E-state index contributed by atoms with van der Waals surface area (Å²) < 4.78 is 17.0. The van der Waals surface area contributed by atoms with Gasteiger partial charge in [-0.1, -0.05) is 48.5 Å². The minimum atomic E-state index is -1.04. The van der Waals surface area contributed by atoms with Crippen molar-refractivity contribution in [3.8, 4) is 5.75 Å². The Morgan fingerprint density at radius 1 is 1.05 bits per heavy atom. The van der Waals surface area contributed by atoms with Crippen LogP contribution in [-0.2, 0) is 27.3 Å². The fourth-order valence-electron chi connectivity index (χ4n) is 4.22. The highest BCUT2D eigenvalue weighted by atomic mass is 16.6. The number of carboxylic acid groups (broad SMARTS) is 1. The van der Waals surface area contributed by atoms with Crippen molar-refractivity contribution in [1.29, 1.82) is 0 Å². The van der Waals surface area contributed by atoms with Gasteiger partial charge in [-0.25, -0.2) is 14.4 Å². The number of carbonyl (C=O) groups excluding carboxylic acids is 2. The molecule has 0 spiro atoms. The van der Waals surface area contributed by atoms with Gasteiger partial charge in [-0.15, -0.1) is 0 Å². The number of alkyl carbamates (subject to hydrolysis) is 1. The summed E-state index contributed by atoms with van der Waals surface area (Å²) in [7, 11) is 0. The normalized spacial score (nSPS) is 14.6. The summed E-state index contributed by atoms with van der Waals surface area (Å²) in [5, 5.41) is 12.6. The minimum Gasteiger partial charge on any atom is -0.489 e. The summed E-state index contributed by atoms with van der Waals surface area (Å²) in [6, 6.07) is 16.1. The van der Waals surface area contributed by atoms with Crippen LogP contribution in [0.5, 0.6) is 5.75 Å². The molecule has 1 aliphatic carbocycles. The first kappa shape index (κ1) is 29.8. The first-order valence-electron chi connectivity index (χ1n) is 13.4. The van der Waals surface area contributed by atoms with Crippen LogP contribution in [0.2, 0.25) is 0 Å². The van der Waals surface area contributed by atoms with Gasteiger partial charge in [0.05, 0.1) is 6.54 Å². The van der Waals surface area contributed by atoms with E-state index in [0.29, 0.717) is 25.1 Å². The van der Waals surface area contributed by atoms with Crippen molar-refractivity contribution >= 4 is 18.2 Å². The van der Waals surface area contributed by atoms with Gasteiger partial charge in [-0.05, 0) is 76.5 Å². The Labute approximate surface area is 230 Å². The molecule has 2 N–H and O–H groups in total. The van der Waals surface area contributed by atoms with Crippen LogP contribution in [-0.4, -0.2) is 59.0 Å². The molecule has 212 valence electrons. The number of hydrogen-bond donors (Lipinski definition) is 2. The van der Waals surface area contributed by atoms with Crippen molar-refractivity contribution in [2.45, 2.75) is 77.7 Å². The van der Waals surface area contributed by atoms with Crippen molar-refractivity contribution in [2.75, 3.05) is 13.1 Å². The van der Waals surface area contributed by atoms with Gasteiger partial charge in [0.1, 0.15) is 30.1 Å². The number of para-hydroxylation sites is 1. The van der Waals surface area contributed by atoms with Crippen LogP contribution in [0.3, 0.4) is 0 Å². The lowest BCUT2D eigenvalue weighted by Gasteiger charge is -2.33. The molecule has 9 nitrogen and oxygen atoms in total. The number of hydrogen-bond acceptors (Lipinski definition) is 6. The topological polar surface area (TPSA) is 114 Å². The maximum atomic E-state index is 13.0. The van der Waals surface area contributed by atoms with Crippen molar-refractivity contribution < 1.29 is 33.7 Å². The fourth-order valence-corrected chi connectivity index (χ4v) is 4.22. The SMILES string of the molecule is C[C@H](CN(C(=O)OC(C)(C)C)[C@H](C(=O)O)C1CC1)Oc1ccccc1CCCNC(=O)OCc1ccccc1. The largest absolute Gasteiger partial charge is 0.489 e. The molecule has 0 bridgehead atoms. The van der Waals surface area contributed by atoms with E-state index >= 15 is 0 Å². The number of nitrogens with zero attached hydrogens (tertiary/aromatic N) is 1. The van der Waals surface area contributed by atoms with Crippen LogP contribution in [0.4, 0.5) is 9.59 Å². The van der Waals surface area contributed by atoms with E-state index in [0.717, 1.165) is 24.0 Å². The van der Waals surface area contributed by atoms with Crippen LogP contribution in [0, 0.1) is 5.92 Å². The maximum Gasteiger partial charge on any atom is 0.411 e. The number of benzene rings is 2. The van der Waals surface area contributed by atoms with Gasteiger partial charge in [0, 0.05) is 6.54 Å². The molecule has 0 aromatic heterocycles. The zero-order valence-corrected chi connectivity index (χ0v) is 23.2. The average Bonchev–Trinajstić information content (AvgIpc) is 3.70. The molecular formula is C30H40N2O7. The van der Waals surface area contributed by atoms with Gasteiger partial charge in [-0.2, -0.15) is 0 Å². The molecule has 0 heterocycles. The van der Waals surface area contributed by atoms with Gasteiger partial charge < -0.3 is 24.6 Å². The Morgan fingerprint density at radius 2 is 1.72 bits per heavy atom. The molecule has 1 saturated carbocycles. The molecule has 2 amide bonds. The minimum absolute atomic E-state index is 0.0749.